The van der Waals surface area contributed by atoms with E-state index in [9.17, 15) is 9.59 Å². The normalized spacial score (nSPS) is 14.9. The predicted octanol–water partition coefficient (Wildman–Crippen LogP) is 4.59. The molecule has 0 unspecified atom stereocenters. The number of rotatable bonds is 9. The molecule has 0 spiro atoms. The molecule has 1 saturated carbocycles. The van der Waals surface area contributed by atoms with Crippen molar-refractivity contribution >= 4 is 22.8 Å². The average Bonchev–Trinajstić information content (AvgIpc) is 3.58. The van der Waals surface area contributed by atoms with Gasteiger partial charge in [-0.1, -0.05) is 60.9 Å². The number of amides is 2. The van der Waals surface area contributed by atoms with Crippen molar-refractivity contribution in [2.45, 2.75) is 64.1 Å². The number of nitrogens with zero attached hydrogens (tertiary/aromatic N) is 4. The third kappa shape index (κ3) is 5.74. The first-order valence-corrected chi connectivity index (χ1v) is 13.1. The fourth-order valence-corrected chi connectivity index (χ4v) is 5.18. The molecule has 8 nitrogen and oxygen atoms in total. The molecule has 1 fully saturated rings. The van der Waals surface area contributed by atoms with Crippen LogP contribution in [0.25, 0.3) is 11.0 Å². The van der Waals surface area contributed by atoms with E-state index in [4.69, 9.17) is 4.42 Å². The molecule has 192 valence electrons. The molecule has 0 saturated heterocycles. The van der Waals surface area contributed by atoms with Crippen LogP contribution in [0.2, 0.25) is 0 Å². The maximum Gasteiger partial charge on any atom is 0.250 e. The molecular formula is C29H33N5O3. The zero-order chi connectivity index (χ0) is 25.6. The summed E-state index contributed by atoms with van der Waals surface area (Å²) < 4.78 is 7.32. The topological polar surface area (TPSA) is 93.3 Å². The summed E-state index contributed by atoms with van der Waals surface area (Å²) in [6.07, 6.45) is 7.48. The minimum atomic E-state index is -0.872. The number of carbonyl (C=O) groups excluding carboxylic acids is 2. The van der Waals surface area contributed by atoms with Gasteiger partial charge in [0.2, 0.25) is 5.91 Å². The lowest BCUT2D eigenvalue weighted by molar-refractivity contribution is -0.142. The number of hydrogen-bond donors (Lipinski definition) is 1. The number of nitrogens with one attached hydrogen (secondary N) is 1. The molecule has 5 rings (SSSR count). The van der Waals surface area contributed by atoms with Gasteiger partial charge in [0.1, 0.15) is 17.8 Å². The van der Waals surface area contributed by atoms with Crippen molar-refractivity contribution < 1.29 is 14.0 Å². The minimum absolute atomic E-state index is 0.0256. The van der Waals surface area contributed by atoms with E-state index in [1.165, 1.54) is 6.42 Å². The van der Waals surface area contributed by atoms with E-state index >= 15 is 0 Å². The SMILES string of the molecule is Cc1ccccc1CCN(C(=O)Cn1nnc2ccccc21)[C@H](C(=O)NC1CCCCC1)c1ccco1. The van der Waals surface area contributed by atoms with Gasteiger partial charge >= 0.3 is 0 Å². The third-order valence-electron chi connectivity index (χ3n) is 7.23. The number of carbonyl (C=O) groups is 2. The molecule has 0 aliphatic heterocycles. The second kappa shape index (κ2) is 11.4. The van der Waals surface area contributed by atoms with Crippen molar-refractivity contribution in [2.24, 2.45) is 0 Å². The second-order valence-corrected chi connectivity index (χ2v) is 9.76. The molecule has 2 amide bonds. The van der Waals surface area contributed by atoms with Crippen molar-refractivity contribution in [3.05, 3.63) is 83.8 Å². The number of hydrogen-bond acceptors (Lipinski definition) is 5. The molecule has 1 N–H and O–H groups in total. The highest BCUT2D eigenvalue weighted by Gasteiger charge is 2.35. The molecule has 2 heterocycles. The first kappa shape index (κ1) is 24.7. The maximum absolute atomic E-state index is 13.9. The van der Waals surface area contributed by atoms with Gasteiger partial charge in [-0.05, 0) is 61.6 Å². The van der Waals surface area contributed by atoms with E-state index in [2.05, 4.69) is 34.7 Å². The summed E-state index contributed by atoms with van der Waals surface area (Å²) in [6, 6.07) is 18.4. The highest BCUT2D eigenvalue weighted by atomic mass is 16.3. The Labute approximate surface area is 216 Å². The lowest BCUT2D eigenvalue weighted by Crippen LogP contribution is -2.48. The number of aromatic nitrogens is 3. The summed E-state index contributed by atoms with van der Waals surface area (Å²) in [5.74, 6) is 0.0303. The Morgan fingerprint density at radius 1 is 1.05 bits per heavy atom. The van der Waals surface area contributed by atoms with Gasteiger partial charge in [-0.2, -0.15) is 0 Å². The second-order valence-electron chi connectivity index (χ2n) is 9.76. The van der Waals surface area contributed by atoms with Crippen molar-refractivity contribution in [3.63, 3.8) is 0 Å². The molecule has 0 radical (unpaired) electrons. The van der Waals surface area contributed by atoms with Crippen molar-refractivity contribution in [1.82, 2.24) is 25.2 Å². The van der Waals surface area contributed by atoms with E-state index in [-0.39, 0.29) is 24.4 Å². The number of aryl methyl sites for hydroxylation is 1. The van der Waals surface area contributed by atoms with E-state index < -0.39 is 6.04 Å². The molecule has 37 heavy (non-hydrogen) atoms. The Hall–Kier alpha value is -3.94. The van der Waals surface area contributed by atoms with Crippen LogP contribution in [0.1, 0.15) is 55.0 Å². The lowest BCUT2D eigenvalue weighted by Gasteiger charge is -2.32. The average molecular weight is 500 g/mol. The quantitative estimate of drug-likeness (QED) is 0.363. The van der Waals surface area contributed by atoms with Crippen molar-refractivity contribution in [3.8, 4) is 0 Å². The number of benzene rings is 2. The first-order chi connectivity index (χ1) is 18.1. The van der Waals surface area contributed by atoms with Crippen LogP contribution in [-0.4, -0.2) is 44.3 Å². The summed E-state index contributed by atoms with van der Waals surface area (Å²) in [5.41, 5.74) is 3.78. The molecular weight excluding hydrogens is 466 g/mol. The summed E-state index contributed by atoms with van der Waals surface area (Å²) in [6.45, 7) is 2.39. The fraction of sp³-hybridized carbons (Fsp3) is 0.379. The maximum atomic E-state index is 13.9. The molecule has 8 heteroatoms. The van der Waals surface area contributed by atoms with Crippen LogP contribution in [0.3, 0.4) is 0 Å². The van der Waals surface area contributed by atoms with E-state index in [0.717, 1.165) is 47.8 Å². The van der Waals surface area contributed by atoms with Crippen LogP contribution < -0.4 is 5.32 Å². The molecule has 4 aromatic rings. The van der Waals surface area contributed by atoms with Gasteiger partial charge in [0.25, 0.3) is 5.91 Å². The summed E-state index contributed by atoms with van der Waals surface area (Å²) in [5, 5.41) is 11.6. The summed E-state index contributed by atoms with van der Waals surface area (Å²) >= 11 is 0. The van der Waals surface area contributed by atoms with Crippen molar-refractivity contribution in [2.75, 3.05) is 6.54 Å². The van der Waals surface area contributed by atoms with Crippen LogP contribution in [-0.2, 0) is 22.6 Å². The largest absolute Gasteiger partial charge is 0.467 e. The van der Waals surface area contributed by atoms with Gasteiger partial charge in [-0.3, -0.25) is 9.59 Å². The van der Waals surface area contributed by atoms with E-state index in [0.29, 0.717) is 18.7 Å². The van der Waals surface area contributed by atoms with Gasteiger partial charge in [-0.25, -0.2) is 4.68 Å². The number of fused-ring (bicyclic) bond motifs is 1. The molecule has 1 atom stereocenters. The van der Waals surface area contributed by atoms with Crippen LogP contribution in [0.5, 0.6) is 0 Å². The molecule has 2 aromatic heterocycles. The minimum Gasteiger partial charge on any atom is -0.467 e. The molecule has 0 bridgehead atoms. The van der Waals surface area contributed by atoms with Gasteiger partial charge in [0.15, 0.2) is 6.04 Å². The Bertz CT molecular complexity index is 1340. The predicted molar refractivity (Wildman–Crippen MR) is 141 cm³/mol. The van der Waals surface area contributed by atoms with E-state index in [1.54, 1.807) is 28.0 Å². The fourth-order valence-electron chi connectivity index (χ4n) is 5.18. The molecule has 1 aliphatic carbocycles. The smallest absolute Gasteiger partial charge is 0.250 e. The Kier molecular flexibility index (Phi) is 7.63. The highest BCUT2D eigenvalue weighted by Crippen LogP contribution is 2.26. The van der Waals surface area contributed by atoms with E-state index in [1.807, 2.05) is 36.4 Å². The molecule has 2 aromatic carbocycles. The zero-order valence-electron chi connectivity index (χ0n) is 21.2. The zero-order valence-corrected chi connectivity index (χ0v) is 21.2. The van der Waals surface area contributed by atoms with Crippen LogP contribution in [0.15, 0.2) is 71.3 Å². The standard InChI is InChI=1S/C29H33N5O3/c1-21-10-5-6-11-22(21)17-18-33(27(35)20-34-25-15-8-7-14-24(25)31-32-34)28(26-16-9-19-37-26)29(36)30-23-12-3-2-4-13-23/h5-11,14-16,19,23,28H,2-4,12-13,17-18,20H2,1H3,(H,30,36)/t28-/m0/s1. The highest BCUT2D eigenvalue weighted by molar-refractivity contribution is 5.89. The van der Waals surface area contributed by atoms with Gasteiger partial charge in [0.05, 0.1) is 11.8 Å². The van der Waals surface area contributed by atoms with Crippen molar-refractivity contribution in [1.29, 1.82) is 0 Å². The Morgan fingerprint density at radius 3 is 2.62 bits per heavy atom. The third-order valence-corrected chi connectivity index (χ3v) is 7.23. The lowest BCUT2D eigenvalue weighted by atomic mass is 9.95. The summed E-state index contributed by atoms with van der Waals surface area (Å²) in [4.78, 5) is 29.3. The number of furan rings is 1. The van der Waals surface area contributed by atoms with Gasteiger partial charge < -0.3 is 14.6 Å². The molecule has 1 aliphatic rings. The Balaban J connectivity index is 1.45. The van der Waals surface area contributed by atoms with Crippen LogP contribution >= 0.6 is 0 Å². The summed E-state index contributed by atoms with van der Waals surface area (Å²) in [7, 11) is 0. The van der Waals surface area contributed by atoms with Gasteiger partial charge in [-0.15, -0.1) is 5.10 Å². The number of para-hydroxylation sites is 1. The Morgan fingerprint density at radius 2 is 1.84 bits per heavy atom. The van der Waals surface area contributed by atoms with Crippen LogP contribution in [0.4, 0.5) is 0 Å². The van der Waals surface area contributed by atoms with Crippen LogP contribution in [0, 0.1) is 6.92 Å². The van der Waals surface area contributed by atoms with Gasteiger partial charge in [0, 0.05) is 12.6 Å². The first-order valence-electron chi connectivity index (χ1n) is 13.1. The monoisotopic (exact) mass is 499 g/mol.